The lowest BCUT2D eigenvalue weighted by Crippen LogP contribution is -2.45. The molecule has 0 fully saturated rings. The van der Waals surface area contributed by atoms with Crippen LogP contribution in [0.4, 0.5) is 0 Å². The topological polar surface area (TPSA) is 129 Å². The van der Waals surface area contributed by atoms with Crippen molar-refractivity contribution in [1.82, 2.24) is 5.32 Å². The third-order valence-electron chi connectivity index (χ3n) is 2.99. The number of carboxylic acids is 1. The van der Waals surface area contributed by atoms with E-state index in [0.717, 1.165) is 0 Å². The van der Waals surface area contributed by atoms with E-state index in [-0.39, 0.29) is 18.9 Å². The van der Waals surface area contributed by atoms with Gasteiger partial charge in [-0.05, 0) is 13.3 Å². The van der Waals surface area contributed by atoms with Gasteiger partial charge >= 0.3 is 12.2 Å². The van der Waals surface area contributed by atoms with Crippen LogP contribution in [-0.4, -0.2) is 53.0 Å². The second kappa shape index (κ2) is 8.95. The maximum absolute atomic E-state index is 11.8. The Morgan fingerprint density at radius 3 is 2.45 bits per heavy atom. The van der Waals surface area contributed by atoms with Gasteiger partial charge in [0, 0.05) is 13.5 Å². The van der Waals surface area contributed by atoms with E-state index in [1.807, 2.05) is 0 Å². The van der Waals surface area contributed by atoms with Gasteiger partial charge in [-0.2, -0.15) is 4.79 Å². The maximum atomic E-state index is 11.8. The molecule has 0 aliphatic rings. The van der Waals surface area contributed by atoms with Crippen LogP contribution in [0.5, 0.6) is 0 Å². The van der Waals surface area contributed by atoms with Crippen molar-refractivity contribution in [1.29, 1.82) is 0 Å². The molecular weight excluding hydrogens is 266 g/mol. The first-order valence-electron chi connectivity index (χ1n) is 6.09. The van der Waals surface area contributed by atoms with Crippen LogP contribution in [0, 0.1) is 5.92 Å². The average Bonchev–Trinajstić information content (AvgIpc) is 2.41. The predicted octanol–water partition coefficient (Wildman–Crippen LogP) is -0.123. The summed E-state index contributed by atoms with van der Waals surface area (Å²) in [7, 11) is 1.45. The summed E-state index contributed by atoms with van der Waals surface area (Å²) in [6, 6.07) is -1.18. The van der Waals surface area contributed by atoms with Crippen LogP contribution in [0.3, 0.4) is 0 Å². The van der Waals surface area contributed by atoms with Crippen LogP contribution in [0.25, 0.3) is 5.53 Å². The van der Waals surface area contributed by atoms with Crippen LogP contribution in [0.1, 0.15) is 26.7 Å². The first kappa shape index (κ1) is 17.9. The molecule has 0 rings (SSSR count). The zero-order valence-electron chi connectivity index (χ0n) is 11.7. The van der Waals surface area contributed by atoms with Gasteiger partial charge in [0.2, 0.25) is 11.7 Å². The molecule has 0 aliphatic carbocycles. The molecule has 0 aromatic carbocycles. The number of hydrogen-bond acceptors (Lipinski definition) is 4. The Labute approximate surface area is 116 Å². The quantitative estimate of drug-likeness (QED) is 0.346. The summed E-state index contributed by atoms with van der Waals surface area (Å²) < 4.78 is 5.00. The number of carbonyl (C=O) groups excluding carboxylic acids is 2. The number of amides is 1. The largest absolute Gasteiger partial charge is 0.480 e. The highest BCUT2D eigenvalue weighted by atomic mass is 16.5. The zero-order valence-corrected chi connectivity index (χ0v) is 11.7. The van der Waals surface area contributed by atoms with Gasteiger partial charge in [0.1, 0.15) is 6.04 Å². The van der Waals surface area contributed by atoms with Crippen molar-refractivity contribution in [3.8, 4) is 0 Å². The molecular formula is C12H19N3O5. The molecule has 3 atom stereocenters. The monoisotopic (exact) mass is 285 g/mol. The smallest absolute Gasteiger partial charge is 0.326 e. The van der Waals surface area contributed by atoms with E-state index in [4.69, 9.17) is 15.4 Å². The number of hydrogen-bond donors (Lipinski definition) is 2. The predicted molar refractivity (Wildman–Crippen MR) is 69.1 cm³/mol. The van der Waals surface area contributed by atoms with Gasteiger partial charge < -0.3 is 20.7 Å². The highest BCUT2D eigenvalue weighted by molar-refractivity contribution is 6.25. The van der Waals surface area contributed by atoms with Gasteiger partial charge in [-0.3, -0.25) is 9.59 Å². The number of nitrogens with one attached hydrogen (secondary N) is 1. The number of aliphatic carboxylic acids is 1. The summed E-state index contributed by atoms with van der Waals surface area (Å²) in [5, 5.41) is 11.4. The van der Waals surface area contributed by atoms with Crippen molar-refractivity contribution in [2.24, 2.45) is 5.92 Å². The molecule has 0 heterocycles. The molecule has 0 saturated carbocycles. The van der Waals surface area contributed by atoms with Crippen molar-refractivity contribution in [2.75, 3.05) is 7.11 Å². The van der Waals surface area contributed by atoms with Crippen molar-refractivity contribution >= 4 is 23.9 Å². The molecule has 8 heteroatoms. The molecule has 0 bridgehead atoms. The van der Waals surface area contributed by atoms with Gasteiger partial charge in [-0.25, -0.2) is 4.79 Å². The van der Waals surface area contributed by atoms with Crippen LogP contribution in [0.15, 0.2) is 0 Å². The Kier molecular flexibility index (Phi) is 8.03. The second-order valence-electron chi connectivity index (χ2n) is 4.38. The standard InChI is InChI=1S/C12H19N3O5/c1-7(8(2)20-3)11(17)15-10(12(18)19)5-4-9(16)6-14-13/h6-8,10H,4-5H2,1-3H3,(H,15,17)(H,18,19)/t7-,8+,10?/m0/s1. The van der Waals surface area contributed by atoms with Gasteiger partial charge in [-0.15, -0.1) is 0 Å². The molecule has 0 aromatic rings. The van der Waals surface area contributed by atoms with Crippen molar-refractivity contribution in [2.45, 2.75) is 38.8 Å². The molecule has 0 radical (unpaired) electrons. The third-order valence-corrected chi connectivity index (χ3v) is 2.99. The first-order valence-corrected chi connectivity index (χ1v) is 6.09. The number of nitrogens with zero attached hydrogens (tertiary/aromatic N) is 2. The number of ketones is 1. The molecule has 2 N–H and O–H groups in total. The number of methoxy groups -OCH3 is 1. The van der Waals surface area contributed by atoms with Crippen LogP contribution < -0.4 is 5.32 Å². The SMILES string of the molecule is CO[C@H](C)[C@H](C)C(=O)NC(CCC(=O)C=[N+]=[N-])C(=O)O. The summed E-state index contributed by atoms with van der Waals surface area (Å²) >= 11 is 0. The van der Waals surface area contributed by atoms with Crippen molar-refractivity contribution in [3.63, 3.8) is 0 Å². The zero-order chi connectivity index (χ0) is 15.7. The van der Waals surface area contributed by atoms with Gasteiger partial charge in [-0.1, -0.05) is 6.92 Å². The molecule has 20 heavy (non-hydrogen) atoms. The van der Waals surface area contributed by atoms with Crippen LogP contribution >= 0.6 is 0 Å². The van der Waals surface area contributed by atoms with Crippen molar-refractivity contribution < 1.29 is 29.0 Å². The summed E-state index contributed by atoms with van der Waals surface area (Å²) in [6.45, 7) is 3.31. The fourth-order valence-electron chi connectivity index (χ4n) is 1.39. The number of carbonyl (C=O) groups is 3. The summed E-state index contributed by atoms with van der Waals surface area (Å²) in [5.74, 6) is -2.73. The molecule has 1 unspecified atom stereocenters. The minimum Gasteiger partial charge on any atom is -0.480 e. The van der Waals surface area contributed by atoms with Crippen LogP contribution in [-0.2, 0) is 19.1 Å². The Morgan fingerprint density at radius 2 is 2.00 bits per heavy atom. The number of Topliss-reactive ketones (excluding diaryl/α,β-unsaturated/α-hetero) is 1. The van der Waals surface area contributed by atoms with E-state index in [0.29, 0.717) is 6.21 Å². The molecule has 0 aliphatic heterocycles. The fraction of sp³-hybridized carbons (Fsp3) is 0.667. The Balaban J connectivity index is 4.55. The first-order chi connectivity index (χ1) is 9.33. The lowest BCUT2D eigenvalue weighted by atomic mass is 10.0. The number of rotatable bonds is 9. The lowest BCUT2D eigenvalue weighted by Gasteiger charge is -2.20. The molecule has 8 nitrogen and oxygen atoms in total. The molecule has 0 saturated heterocycles. The average molecular weight is 285 g/mol. The summed E-state index contributed by atoms with van der Waals surface area (Å²) in [4.78, 5) is 36.5. The van der Waals surface area contributed by atoms with E-state index < -0.39 is 29.6 Å². The highest BCUT2D eigenvalue weighted by Crippen LogP contribution is 2.07. The van der Waals surface area contributed by atoms with E-state index >= 15 is 0 Å². The summed E-state index contributed by atoms with van der Waals surface area (Å²) in [6.07, 6.45) is 0.110. The Hall–Kier alpha value is -2.05. The van der Waals surface area contributed by atoms with E-state index in [2.05, 4.69) is 10.1 Å². The third kappa shape index (κ3) is 6.21. The molecule has 1 amide bonds. The van der Waals surface area contributed by atoms with E-state index in [9.17, 15) is 14.4 Å². The second-order valence-corrected chi connectivity index (χ2v) is 4.38. The normalized spacial score (nSPS) is 14.6. The molecule has 0 aromatic heterocycles. The van der Waals surface area contributed by atoms with Gasteiger partial charge in [0.05, 0.1) is 12.0 Å². The van der Waals surface area contributed by atoms with E-state index in [1.54, 1.807) is 13.8 Å². The maximum Gasteiger partial charge on any atom is 0.326 e. The minimum absolute atomic E-state index is 0.0833. The van der Waals surface area contributed by atoms with Crippen LogP contribution in [0.2, 0.25) is 0 Å². The highest BCUT2D eigenvalue weighted by Gasteiger charge is 2.26. The molecule has 112 valence electrons. The van der Waals surface area contributed by atoms with Crippen molar-refractivity contribution in [3.05, 3.63) is 5.53 Å². The van der Waals surface area contributed by atoms with E-state index in [1.165, 1.54) is 7.11 Å². The Morgan fingerprint density at radius 1 is 1.40 bits per heavy atom. The molecule has 0 spiro atoms. The Bertz CT molecular complexity index is 417. The number of ether oxygens (including phenoxy) is 1. The van der Waals surface area contributed by atoms with Gasteiger partial charge in [0.15, 0.2) is 0 Å². The fourth-order valence-corrected chi connectivity index (χ4v) is 1.39. The summed E-state index contributed by atoms with van der Waals surface area (Å²) in [5.41, 5.74) is 8.17. The number of carboxylic acid groups (broad SMARTS) is 1. The lowest BCUT2D eigenvalue weighted by molar-refractivity contribution is -0.143. The minimum atomic E-state index is -1.23. The van der Waals surface area contributed by atoms with Gasteiger partial charge in [0.25, 0.3) is 0 Å².